The molecule has 21 heavy (non-hydrogen) atoms. The van der Waals surface area contributed by atoms with Gasteiger partial charge in [0.15, 0.2) is 11.6 Å². The third-order valence-electron chi connectivity index (χ3n) is 4.34. The van der Waals surface area contributed by atoms with E-state index in [4.69, 9.17) is 4.74 Å². The fraction of sp³-hybridized carbons (Fsp3) is 0.647. The van der Waals surface area contributed by atoms with E-state index in [2.05, 4.69) is 12.2 Å². The number of benzene rings is 1. The maximum Gasteiger partial charge on any atom is 0.165 e. The highest BCUT2D eigenvalue weighted by molar-refractivity contribution is 5.23. The summed E-state index contributed by atoms with van der Waals surface area (Å²) in [6, 6.07) is 6.25. The molecule has 1 aliphatic carbocycles. The van der Waals surface area contributed by atoms with E-state index in [0.717, 1.165) is 12.5 Å². The van der Waals surface area contributed by atoms with Gasteiger partial charge in [0.25, 0.3) is 0 Å². The summed E-state index contributed by atoms with van der Waals surface area (Å²) in [5.41, 5.74) is 0. The molecular formula is C17H26FNO2. The lowest BCUT2D eigenvalue weighted by Crippen LogP contribution is -2.36. The first-order valence-electron chi connectivity index (χ1n) is 7.93. The van der Waals surface area contributed by atoms with Gasteiger partial charge in [-0.2, -0.15) is 0 Å². The predicted octanol–water partition coefficient (Wildman–Crippen LogP) is 2.98. The van der Waals surface area contributed by atoms with Crippen molar-refractivity contribution in [2.45, 2.75) is 38.7 Å². The van der Waals surface area contributed by atoms with Gasteiger partial charge in [0, 0.05) is 6.54 Å². The molecular weight excluding hydrogens is 269 g/mol. The number of ether oxygens (including phenoxy) is 1. The van der Waals surface area contributed by atoms with Crippen LogP contribution in [0.1, 0.15) is 32.6 Å². The molecule has 0 radical (unpaired) electrons. The van der Waals surface area contributed by atoms with Crippen LogP contribution in [-0.2, 0) is 0 Å². The number of halogens is 1. The highest BCUT2D eigenvalue weighted by atomic mass is 19.1. The Morgan fingerprint density at radius 3 is 2.86 bits per heavy atom. The Labute approximate surface area is 126 Å². The zero-order valence-corrected chi connectivity index (χ0v) is 12.7. The highest BCUT2D eigenvalue weighted by Crippen LogP contribution is 2.28. The molecule has 0 heterocycles. The topological polar surface area (TPSA) is 41.5 Å². The van der Waals surface area contributed by atoms with Crippen LogP contribution in [0, 0.1) is 17.7 Å². The first-order chi connectivity index (χ1) is 10.2. The molecule has 0 aliphatic heterocycles. The summed E-state index contributed by atoms with van der Waals surface area (Å²) in [7, 11) is 0. The van der Waals surface area contributed by atoms with E-state index in [1.165, 1.54) is 31.7 Å². The molecule has 118 valence electrons. The number of hydrogen-bond acceptors (Lipinski definition) is 3. The van der Waals surface area contributed by atoms with Crippen molar-refractivity contribution in [3.05, 3.63) is 30.1 Å². The predicted molar refractivity (Wildman–Crippen MR) is 81.9 cm³/mol. The average molecular weight is 295 g/mol. The van der Waals surface area contributed by atoms with E-state index in [1.54, 1.807) is 18.2 Å². The van der Waals surface area contributed by atoms with Crippen LogP contribution in [0.5, 0.6) is 5.75 Å². The van der Waals surface area contributed by atoms with Crippen molar-refractivity contribution < 1.29 is 14.2 Å². The number of aliphatic hydroxyl groups excluding tert-OH is 1. The monoisotopic (exact) mass is 295 g/mol. The highest BCUT2D eigenvalue weighted by Gasteiger charge is 2.20. The zero-order chi connectivity index (χ0) is 15.1. The molecule has 1 aromatic carbocycles. The van der Waals surface area contributed by atoms with Crippen LogP contribution in [0.3, 0.4) is 0 Å². The SMILES string of the molecule is CC1CCCCC1CNCC(O)COc1ccccc1F. The largest absolute Gasteiger partial charge is 0.488 e. The Morgan fingerprint density at radius 1 is 1.33 bits per heavy atom. The quantitative estimate of drug-likeness (QED) is 0.812. The first kappa shape index (κ1) is 16.2. The van der Waals surface area contributed by atoms with Crippen LogP contribution in [0.4, 0.5) is 4.39 Å². The normalized spacial score (nSPS) is 23.8. The summed E-state index contributed by atoms with van der Waals surface area (Å²) in [6.07, 6.45) is 4.62. The van der Waals surface area contributed by atoms with E-state index in [0.29, 0.717) is 12.5 Å². The van der Waals surface area contributed by atoms with Crippen LogP contribution < -0.4 is 10.1 Å². The Hall–Kier alpha value is -1.13. The second-order valence-electron chi connectivity index (χ2n) is 6.08. The number of hydrogen-bond donors (Lipinski definition) is 2. The molecule has 0 aromatic heterocycles. The van der Waals surface area contributed by atoms with Crippen molar-refractivity contribution in [3.8, 4) is 5.75 Å². The summed E-state index contributed by atoms with van der Waals surface area (Å²) < 4.78 is 18.7. The maximum atomic E-state index is 13.4. The second-order valence-corrected chi connectivity index (χ2v) is 6.08. The summed E-state index contributed by atoms with van der Waals surface area (Å²) in [4.78, 5) is 0. The van der Waals surface area contributed by atoms with E-state index in [-0.39, 0.29) is 12.4 Å². The van der Waals surface area contributed by atoms with Crippen LogP contribution in [0.15, 0.2) is 24.3 Å². The van der Waals surface area contributed by atoms with Crippen LogP contribution in [0.25, 0.3) is 0 Å². The fourth-order valence-corrected chi connectivity index (χ4v) is 2.94. The summed E-state index contributed by atoms with van der Waals surface area (Å²) in [5, 5.41) is 13.2. The third kappa shape index (κ3) is 5.29. The molecule has 1 aliphatic rings. The van der Waals surface area contributed by atoms with Crippen LogP contribution >= 0.6 is 0 Å². The number of para-hydroxylation sites is 1. The first-order valence-corrected chi connectivity index (χ1v) is 7.93. The Kier molecular flexibility index (Phi) is 6.46. The minimum absolute atomic E-state index is 0.105. The molecule has 2 N–H and O–H groups in total. The van der Waals surface area contributed by atoms with Gasteiger partial charge in [-0.05, 0) is 36.9 Å². The second kappa shape index (κ2) is 8.35. The van der Waals surface area contributed by atoms with Gasteiger partial charge in [0.2, 0.25) is 0 Å². The van der Waals surface area contributed by atoms with Crippen LogP contribution in [0.2, 0.25) is 0 Å². The molecule has 2 rings (SSSR count). The molecule has 0 amide bonds. The molecule has 0 spiro atoms. The Morgan fingerprint density at radius 2 is 2.10 bits per heavy atom. The summed E-state index contributed by atoms with van der Waals surface area (Å²) >= 11 is 0. The molecule has 4 heteroatoms. The summed E-state index contributed by atoms with van der Waals surface area (Å²) in [6.45, 7) is 3.84. The molecule has 3 nitrogen and oxygen atoms in total. The number of aliphatic hydroxyl groups is 1. The van der Waals surface area contributed by atoms with Gasteiger partial charge < -0.3 is 15.2 Å². The Bertz CT molecular complexity index is 427. The van der Waals surface area contributed by atoms with Gasteiger partial charge in [-0.3, -0.25) is 0 Å². The molecule has 3 atom stereocenters. The van der Waals surface area contributed by atoms with E-state index in [9.17, 15) is 9.50 Å². The third-order valence-corrected chi connectivity index (χ3v) is 4.34. The number of rotatable bonds is 7. The van der Waals surface area contributed by atoms with Crippen molar-refractivity contribution >= 4 is 0 Å². The standard InChI is InChI=1S/C17H26FNO2/c1-13-6-2-3-7-14(13)10-19-11-15(20)12-21-17-9-5-4-8-16(17)18/h4-5,8-9,13-15,19-20H,2-3,6-7,10-12H2,1H3. The van der Waals surface area contributed by atoms with Crippen molar-refractivity contribution in [1.82, 2.24) is 5.32 Å². The van der Waals surface area contributed by atoms with Crippen LogP contribution in [-0.4, -0.2) is 30.9 Å². The van der Waals surface area contributed by atoms with Gasteiger partial charge in [-0.25, -0.2) is 4.39 Å². The lowest BCUT2D eigenvalue weighted by Gasteiger charge is -2.29. The van der Waals surface area contributed by atoms with E-state index in [1.807, 2.05) is 0 Å². The average Bonchev–Trinajstić information content (AvgIpc) is 2.48. The van der Waals surface area contributed by atoms with Gasteiger partial charge in [-0.1, -0.05) is 38.3 Å². The van der Waals surface area contributed by atoms with Crippen molar-refractivity contribution in [2.75, 3.05) is 19.7 Å². The van der Waals surface area contributed by atoms with E-state index >= 15 is 0 Å². The summed E-state index contributed by atoms with van der Waals surface area (Å²) in [5.74, 6) is 1.27. The maximum absolute atomic E-state index is 13.4. The zero-order valence-electron chi connectivity index (χ0n) is 12.7. The van der Waals surface area contributed by atoms with Crippen molar-refractivity contribution in [3.63, 3.8) is 0 Å². The molecule has 3 unspecified atom stereocenters. The number of nitrogens with one attached hydrogen (secondary N) is 1. The Balaban J connectivity index is 1.63. The lowest BCUT2D eigenvalue weighted by atomic mass is 9.80. The minimum Gasteiger partial charge on any atom is -0.488 e. The van der Waals surface area contributed by atoms with Gasteiger partial charge in [0.05, 0.1) is 0 Å². The van der Waals surface area contributed by atoms with Crippen molar-refractivity contribution in [2.24, 2.45) is 11.8 Å². The molecule has 0 saturated heterocycles. The van der Waals surface area contributed by atoms with Gasteiger partial charge in [-0.15, -0.1) is 0 Å². The smallest absolute Gasteiger partial charge is 0.165 e. The molecule has 1 saturated carbocycles. The van der Waals surface area contributed by atoms with Crippen molar-refractivity contribution in [1.29, 1.82) is 0 Å². The molecule has 0 bridgehead atoms. The lowest BCUT2D eigenvalue weighted by molar-refractivity contribution is 0.101. The molecule has 1 fully saturated rings. The fourth-order valence-electron chi connectivity index (χ4n) is 2.94. The van der Waals surface area contributed by atoms with Gasteiger partial charge >= 0.3 is 0 Å². The molecule has 1 aromatic rings. The van der Waals surface area contributed by atoms with Gasteiger partial charge in [0.1, 0.15) is 12.7 Å². The van der Waals surface area contributed by atoms with E-state index < -0.39 is 11.9 Å². The minimum atomic E-state index is -0.622.